The Morgan fingerprint density at radius 2 is 1.91 bits per heavy atom. The largest absolute Gasteiger partial charge is 0.482 e. The van der Waals surface area contributed by atoms with Crippen LogP contribution >= 0.6 is 0 Å². The Bertz CT molecular complexity index is 1030. The van der Waals surface area contributed by atoms with Crippen LogP contribution in [0, 0.1) is 0 Å². The van der Waals surface area contributed by atoms with E-state index in [1.165, 1.54) is 5.56 Å². The number of carboxylic acids is 1. The topological polar surface area (TPSA) is 81.0 Å². The molecule has 32 heavy (non-hydrogen) atoms. The third kappa shape index (κ3) is 5.32. The highest BCUT2D eigenvalue weighted by molar-refractivity contribution is 6.12. The van der Waals surface area contributed by atoms with E-state index in [2.05, 4.69) is 16.2 Å². The van der Waals surface area contributed by atoms with Gasteiger partial charge in [0.1, 0.15) is 18.1 Å². The number of hydrogen-bond acceptors (Lipinski definition) is 5. The number of aromatic nitrogens is 1. The van der Waals surface area contributed by atoms with Gasteiger partial charge >= 0.3 is 5.97 Å². The first kappa shape index (κ1) is 21.6. The number of oxime groups is 1. The van der Waals surface area contributed by atoms with E-state index in [1.807, 2.05) is 54.6 Å². The van der Waals surface area contributed by atoms with Gasteiger partial charge in [-0.2, -0.15) is 0 Å². The molecule has 0 saturated heterocycles. The van der Waals surface area contributed by atoms with E-state index in [9.17, 15) is 4.79 Å². The van der Waals surface area contributed by atoms with Crippen LogP contribution in [0.3, 0.4) is 0 Å². The van der Waals surface area contributed by atoms with Gasteiger partial charge in [0.15, 0.2) is 6.61 Å². The standard InChI is InChI=1S/C26H26N2O4/c29-25(30)18-31-24-13-5-11-22-19(9-4-12-23(22)24)14-16-32-28-26(20-7-2-1-3-8-20)21-10-6-15-27-17-21/h1-3,5-8,10-11,13,15,17,19H,4,9,12,14,16,18H2,(H,29,30)/b28-26+. The number of carbonyl (C=O) groups is 1. The first-order valence-corrected chi connectivity index (χ1v) is 10.8. The van der Waals surface area contributed by atoms with Gasteiger partial charge < -0.3 is 14.7 Å². The number of fused-ring (bicyclic) bond motifs is 1. The molecule has 4 rings (SSSR count). The summed E-state index contributed by atoms with van der Waals surface area (Å²) in [5, 5.41) is 13.4. The second-order valence-corrected chi connectivity index (χ2v) is 7.77. The summed E-state index contributed by atoms with van der Waals surface area (Å²) in [6.07, 6.45) is 7.36. The monoisotopic (exact) mass is 430 g/mol. The molecule has 6 nitrogen and oxygen atoms in total. The molecule has 0 aliphatic heterocycles. The summed E-state index contributed by atoms with van der Waals surface area (Å²) in [5.74, 6) is 0.0430. The van der Waals surface area contributed by atoms with E-state index in [0.29, 0.717) is 18.3 Å². The van der Waals surface area contributed by atoms with Crippen molar-refractivity contribution in [1.82, 2.24) is 4.98 Å². The van der Waals surface area contributed by atoms with Crippen molar-refractivity contribution in [1.29, 1.82) is 0 Å². The van der Waals surface area contributed by atoms with Gasteiger partial charge in [-0.05, 0) is 60.9 Å². The van der Waals surface area contributed by atoms with Gasteiger partial charge in [-0.25, -0.2) is 4.79 Å². The number of carboxylic acid groups (broad SMARTS) is 1. The van der Waals surface area contributed by atoms with Gasteiger partial charge in [-0.15, -0.1) is 0 Å². The molecule has 1 aromatic heterocycles. The molecular weight excluding hydrogens is 404 g/mol. The van der Waals surface area contributed by atoms with Gasteiger partial charge in [-0.1, -0.05) is 47.6 Å². The molecule has 0 radical (unpaired) electrons. The molecule has 0 spiro atoms. The summed E-state index contributed by atoms with van der Waals surface area (Å²) >= 11 is 0. The number of hydrogen-bond donors (Lipinski definition) is 1. The van der Waals surface area contributed by atoms with Crippen LogP contribution in [0.5, 0.6) is 5.75 Å². The van der Waals surface area contributed by atoms with E-state index in [4.69, 9.17) is 14.7 Å². The molecule has 1 aliphatic rings. The number of nitrogens with zero attached hydrogens (tertiary/aromatic N) is 2. The highest BCUT2D eigenvalue weighted by Gasteiger charge is 2.23. The third-order valence-electron chi connectivity index (χ3n) is 5.64. The Hall–Kier alpha value is -3.67. The molecule has 1 unspecified atom stereocenters. The van der Waals surface area contributed by atoms with Gasteiger partial charge in [0.2, 0.25) is 0 Å². The van der Waals surface area contributed by atoms with Crippen molar-refractivity contribution in [3.05, 3.63) is 95.3 Å². The van der Waals surface area contributed by atoms with Crippen molar-refractivity contribution in [3.63, 3.8) is 0 Å². The van der Waals surface area contributed by atoms with Gasteiger partial charge in [0, 0.05) is 23.5 Å². The molecule has 6 heteroatoms. The van der Waals surface area contributed by atoms with Crippen LogP contribution in [0.25, 0.3) is 0 Å². The molecule has 1 aliphatic carbocycles. The van der Waals surface area contributed by atoms with Crippen LogP contribution in [-0.2, 0) is 16.1 Å². The predicted octanol–water partition coefficient (Wildman–Crippen LogP) is 4.82. The van der Waals surface area contributed by atoms with Crippen LogP contribution in [0.4, 0.5) is 0 Å². The van der Waals surface area contributed by atoms with Crippen molar-refractivity contribution in [2.24, 2.45) is 5.16 Å². The number of aliphatic carboxylic acids is 1. The van der Waals surface area contributed by atoms with Crippen LogP contribution in [0.1, 0.15) is 47.4 Å². The minimum atomic E-state index is -0.968. The van der Waals surface area contributed by atoms with Crippen molar-refractivity contribution in [2.45, 2.75) is 31.6 Å². The molecule has 164 valence electrons. The number of ether oxygens (including phenoxy) is 1. The fraction of sp³-hybridized carbons (Fsp3) is 0.269. The number of pyridine rings is 1. The van der Waals surface area contributed by atoms with E-state index in [-0.39, 0.29) is 6.61 Å². The number of rotatable bonds is 9. The second kappa shape index (κ2) is 10.6. The summed E-state index contributed by atoms with van der Waals surface area (Å²) in [4.78, 5) is 20.9. The molecule has 3 aromatic rings. The Balaban J connectivity index is 1.45. The smallest absolute Gasteiger partial charge is 0.341 e. The molecule has 1 N–H and O–H groups in total. The summed E-state index contributed by atoms with van der Waals surface area (Å²) in [5.41, 5.74) is 4.98. The minimum absolute atomic E-state index is 0.324. The lowest BCUT2D eigenvalue weighted by molar-refractivity contribution is -0.139. The fourth-order valence-electron chi connectivity index (χ4n) is 4.16. The summed E-state index contributed by atoms with van der Waals surface area (Å²) in [6, 6.07) is 19.7. The van der Waals surface area contributed by atoms with Crippen LogP contribution in [0.2, 0.25) is 0 Å². The van der Waals surface area contributed by atoms with Crippen LogP contribution < -0.4 is 4.74 Å². The fourth-order valence-corrected chi connectivity index (χ4v) is 4.16. The van der Waals surface area contributed by atoms with Gasteiger partial charge in [-0.3, -0.25) is 4.98 Å². The van der Waals surface area contributed by atoms with Crippen LogP contribution in [-0.4, -0.2) is 35.0 Å². The lowest BCUT2D eigenvalue weighted by atomic mass is 9.81. The molecule has 1 atom stereocenters. The summed E-state index contributed by atoms with van der Waals surface area (Å²) in [7, 11) is 0. The quantitative estimate of drug-likeness (QED) is 0.299. The van der Waals surface area contributed by atoms with E-state index in [1.54, 1.807) is 12.4 Å². The average molecular weight is 431 g/mol. The second-order valence-electron chi connectivity index (χ2n) is 7.77. The SMILES string of the molecule is O=C(O)COc1cccc2c1CCCC2CCO/N=C(\c1ccccc1)c1cccnc1. The Labute approximate surface area is 187 Å². The van der Waals surface area contributed by atoms with Crippen LogP contribution in [0.15, 0.2) is 78.2 Å². The van der Waals surface area contributed by atoms with Crippen molar-refractivity contribution >= 4 is 11.7 Å². The lowest BCUT2D eigenvalue weighted by Gasteiger charge is -2.26. The van der Waals surface area contributed by atoms with Crippen molar-refractivity contribution in [2.75, 3.05) is 13.2 Å². The molecule has 0 amide bonds. The zero-order valence-electron chi connectivity index (χ0n) is 17.8. The molecule has 0 bridgehead atoms. The third-order valence-corrected chi connectivity index (χ3v) is 5.64. The highest BCUT2D eigenvalue weighted by Crippen LogP contribution is 2.38. The van der Waals surface area contributed by atoms with Gasteiger partial charge in [0.05, 0.1) is 0 Å². The van der Waals surface area contributed by atoms with E-state index < -0.39 is 5.97 Å². The first-order chi connectivity index (χ1) is 15.7. The Morgan fingerprint density at radius 3 is 2.69 bits per heavy atom. The Morgan fingerprint density at radius 1 is 1.06 bits per heavy atom. The minimum Gasteiger partial charge on any atom is -0.482 e. The maximum absolute atomic E-state index is 10.9. The van der Waals surface area contributed by atoms with E-state index >= 15 is 0 Å². The first-order valence-electron chi connectivity index (χ1n) is 10.8. The summed E-state index contributed by atoms with van der Waals surface area (Å²) in [6.45, 7) is 0.163. The maximum atomic E-state index is 10.9. The molecule has 0 saturated carbocycles. The Kier molecular flexibility index (Phi) is 7.12. The molecular formula is C26H26N2O4. The van der Waals surface area contributed by atoms with Crippen molar-refractivity contribution < 1.29 is 19.5 Å². The normalized spacial score (nSPS) is 15.6. The zero-order valence-corrected chi connectivity index (χ0v) is 17.8. The maximum Gasteiger partial charge on any atom is 0.341 e. The number of benzene rings is 2. The molecule has 0 fully saturated rings. The predicted molar refractivity (Wildman–Crippen MR) is 122 cm³/mol. The summed E-state index contributed by atoms with van der Waals surface area (Å²) < 4.78 is 5.51. The van der Waals surface area contributed by atoms with E-state index in [0.717, 1.165) is 48.1 Å². The average Bonchev–Trinajstić information content (AvgIpc) is 2.84. The molecule has 1 heterocycles. The van der Waals surface area contributed by atoms with Gasteiger partial charge in [0.25, 0.3) is 0 Å². The zero-order chi connectivity index (χ0) is 22.2. The van der Waals surface area contributed by atoms with Crippen molar-refractivity contribution in [3.8, 4) is 5.75 Å². The highest BCUT2D eigenvalue weighted by atomic mass is 16.6. The lowest BCUT2D eigenvalue weighted by Crippen LogP contribution is -2.15. The molecule has 2 aromatic carbocycles.